The molecule has 5 nitrogen and oxygen atoms in total. The third-order valence-electron chi connectivity index (χ3n) is 3.42. The molecule has 1 N–H and O–H groups in total. The van der Waals surface area contributed by atoms with Crippen molar-refractivity contribution in [2.75, 3.05) is 11.4 Å². The van der Waals surface area contributed by atoms with Crippen LogP contribution in [0.4, 0.5) is 5.69 Å². The lowest BCUT2D eigenvalue weighted by Crippen LogP contribution is -2.25. The van der Waals surface area contributed by atoms with E-state index in [0.717, 1.165) is 16.9 Å². The molecule has 0 atom stereocenters. The van der Waals surface area contributed by atoms with Gasteiger partial charge in [-0.25, -0.2) is 0 Å². The number of nitrogens with zero attached hydrogens (tertiary/aromatic N) is 3. The van der Waals surface area contributed by atoms with Gasteiger partial charge in [-0.3, -0.25) is 9.48 Å². The third-order valence-corrected chi connectivity index (χ3v) is 3.42. The zero-order valence-corrected chi connectivity index (χ0v) is 11.8. The number of aliphatic carboxylic acids is 1. The van der Waals surface area contributed by atoms with Crippen molar-refractivity contribution >= 4 is 11.7 Å². The van der Waals surface area contributed by atoms with Gasteiger partial charge in [0.2, 0.25) is 0 Å². The van der Waals surface area contributed by atoms with Crippen molar-refractivity contribution in [3.63, 3.8) is 0 Å². The molecule has 5 heteroatoms. The Hall–Kier alpha value is -2.30. The molecule has 20 heavy (non-hydrogen) atoms. The largest absolute Gasteiger partial charge is 0.481 e. The highest BCUT2D eigenvalue weighted by molar-refractivity contribution is 5.67. The number of hydrogen-bond acceptors (Lipinski definition) is 3. The summed E-state index contributed by atoms with van der Waals surface area (Å²) >= 11 is 0. The van der Waals surface area contributed by atoms with Gasteiger partial charge in [-0.05, 0) is 19.1 Å². The van der Waals surface area contributed by atoms with Crippen LogP contribution in [0, 0.1) is 6.92 Å². The normalized spacial score (nSPS) is 10.5. The Bertz CT molecular complexity index is 578. The Morgan fingerprint density at radius 2 is 2.05 bits per heavy atom. The molecule has 2 rings (SSSR count). The molecule has 0 saturated carbocycles. The maximum atomic E-state index is 10.8. The number of aromatic nitrogens is 2. The number of anilines is 1. The quantitative estimate of drug-likeness (QED) is 0.876. The van der Waals surface area contributed by atoms with Gasteiger partial charge in [0.05, 0.1) is 12.6 Å². The van der Waals surface area contributed by atoms with Crippen LogP contribution in [0.3, 0.4) is 0 Å². The average molecular weight is 273 g/mol. The smallest absolute Gasteiger partial charge is 0.305 e. The first kappa shape index (κ1) is 14.1. The Morgan fingerprint density at radius 3 is 2.60 bits per heavy atom. The SMILES string of the molecule is Cc1c(CN(CCC(=O)O)c2ccccc2)cnn1C. The van der Waals surface area contributed by atoms with Crippen LogP contribution in [0.2, 0.25) is 0 Å². The Balaban J connectivity index is 2.18. The van der Waals surface area contributed by atoms with E-state index in [4.69, 9.17) is 5.11 Å². The maximum Gasteiger partial charge on any atom is 0.305 e. The molecule has 0 unspecified atom stereocenters. The lowest BCUT2D eigenvalue weighted by molar-refractivity contribution is -0.136. The molecule has 0 fully saturated rings. The molecule has 0 saturated heterocycles. The zero-order valence-electron chi connectivity index (χ0n) is 11.8. The summed E-state index contributed by atoms with van der Waals surface area (Å²) in [4.78, 5) is 12.9. The number of hydrogen-bond donors (Lipinski definition) is 1. The van der Waals surface area contributed by atoms with Crippen molar-refractivity contribution in [2.45, 2.75) is 19.9 Å². The molecule has 1 heterocycles. The predicted molar refractivity (Wildman–Crippen MR) is 77.7 cm³/mol. The summed E-state index contributed by atoms with van der Waals surface area (Å²) in [6.45, 7) is 3.16. The highest BCUT2D eigenvalue weighted by atomic mass is 16.4. The van der Waals surface area contributed by atoms with Crippen molar-refractivity contribution in [1.29, 1.82) is 0 Å². The second kappa shape index (κ2) is 6.23. The Kier molecular flexibility index (Phi) is 4.40. The molecule has 0 aliphatic carbocycles. The Labute approximate surface area is 118 Å². The summed E-state index contributed by atoms with van der Waals surface area (Å²) in [5.74, 6) is -0.783. The van der Waals surface area contributed by atoms with Crippen LogP contribution in [-0.2, 0) is 18.4 Å². The molecule has 0 amide bonds. The van der Waals surface area contributed by atoms with E-state index >= 15 is 0 Å². The summed E-state index contributed by atoms with van der Waals surface area (Å²) in [6, 6.07) is 9.85. The third kappa shape index (κ3) is 3.38. The lowest BCUT2D eigenvalue weighted by atomic mass is 10.2. The first-order chi connectivity index (χ1) is 9.58. The van der Waals surface area contributed by atoms with Gasteiger partial charge in [-0.15, -0.1) is 0 Å². The molecule has 2 aromatic rings. The second-order valence-corrected chi connectivity index (χ2v) is 4.78. The summed E-state index contributed by atoms with van der Waals surface area (Å²) in [5, 5.41) is 13.1. The molecule has 1 aromatic carbocycles. The van der Waals surface area contributed by atoms with Crippen LogP contribution < -0.4 is 4.90 Å². The number of carboxylic acid groups (broad SMARTS) is 1. The second-order valence-electron chi connectivity index (χ2n) is 4.78. The highest BCUT2D eigenvalue weighted by Crippen LogP contribution is 2.18. The van der Waals surface area contributed by atoms with E-state index in [1.54, 1.807) is 0 Å². The molecular formula is C15H19N3O2. The maximum absolute atomic E-state index is 10.8. The first-order valence-electron chi connectivity index (χ1n) is 6.57. The number of carbonyl (C=O) groups is 1. The number of para-hydroxylation sites is 1. The topological polar surface area (TPSA) is 58.4 Å². The molecule has 0 aliphatic heterocycles. The van der Waals surface area contributed by atoms with Gasteiger partial charge in [0.25, 0.3) is 0 Å². The van der Waals surface area contributed by atoms with Crippen LogP contribution in [0.25, 0.3) is 0 Å². The minimum atomic E-state index is -0.783. The standard InChI is InChI=1S/C15H19N3O2/c1-12-13(10-16-17(12)2)11-18(9-8-15(19)20)14-6-4-3-5-7-14/h3-7,10H,8-9,11H2,1-2H3,(H,19,20). The van der Waals surface area contributed by atoms with E-state index in [1.807, 2.05) is 55.2 Å². The summed E-state index contributed by atoms with van der Waals surface area (Å²) < 4.78 is 1.83. The van der Waals surface area contributed by atoms with Crippen LogP contribution in [-0.4, -0.2) is 27.4 Å². The highest BCUT2D eigenvalue weighted by Gasteiger charge is 2.12. The van der Waals surface area contributed by atoms with E-state index < -0.39 is 5.97 Å². The van der Waals surface area contributed by atoms with Gasteiger partial charge in [-0.1, -0.05) is 18.2 Å². The number of rotatable bonds is 6. The van der Waals surface area contributed by atoms with E-state index in [-0.39, 0.29) is 6.42 Å². The van der Waals surface area contributed by atoms with Crippen molar-refractivity contribution in [2.24, 2.45) is 7.05 Å². The fourth-order valence-corrected chi connectivity index (χ4v) is 2.07. The monoisotopic (exact) mass is 273 g/mol. The van der Waals surface area contributed by atoms with Crippen LogP contribution in [0.1, 0.15) is 17.7 Å². The van der Waals surface area contributed by atoms with E-state index in [2.05, 4.69) is 10.00 Å². The molecule has 0 aliphatic rings. The van der Waals surface area contributed by atoms with Gasteiger partial charge in [0, 0.05) is 37.1 Å². The van der Waals surface area contributed by atoms with Crippen molar-refractivity contribution in [3.8, 4) is 0 Å². The van der Waals surface area contributed by atoms with E-state index in [9.17, 15) is 4.79 Å². The van der Waals surface area contributed by atoms with Crippen molar-refractivity contribution in [1.82, 2.24) is 9.78 Å². The number of carboxylic acids is 1. The zero-order chi connectivity index (χ0) is 14.5. The summed E-state index contributed by atoms with van der Waals surface area (Å²) in [7, 11) is 1.91. The fraction of sp³-hybridized carbons (Fsp3) is 0.333. The summed E-state index contributed by atoms with van der Waals surface area (Å²) in [6.07, 6.45) is 1.96. The number of benzene rings is 1. The van der Waals surface area contributed by atoms with E-state index in [1.165, 1.54) is 0 Å². The van der Waals surface area contributed by atoms with Crippen molar-refractivity contribution < 1.29 is 9.90 Å². The number of aryl methyl sites for hydroxylation is 1. The molecule has 0 radical (unpaired) electrons. The molecular weight excluding hydrogens is 254 g/mol. The average Bonchev–Trinajstić information content (AvgIpc) is 2.76. The van der Waals surface area contributed by atoms with Gasteiger partial charge >= 0.3 is 5.97 Å². The minimum Gasteiger partial charge on any atom is -0.481 e. The molecule has 106 valence electrons. The van der Waals surface area contributed by atoms with Gasteiger partial charge in [-0.2, -0.15) is 5.10 Å². The van der Waals surface area contributed by atoms with E-state index in [0.29, 0.717) is 13.1 Å². The molecule has 1 aromatic heterocycles. The van der Waals surface area contributed by atoms with Crippen molar-refractivity contribution in [3.05, 3.63) is 47.8 Å². The van der Waals surface area contributed by atoms with Gasteiger partial charge in [0.15, 0.2) is 0 Å². The summed E-state index contributed by atoms with van der Waals surface area (Å²) in [5.41, 5.74) is 3.24. The lowest BCUT2D eigenvalue weighted by Gasteiger charge is -2.24. The predicted octanol–water partition coefficient (Wildman–Crippen LogP) is 2.21. The molecule has 0 bridgehead atoms. The first-order valence-corrected chi connectivity index (χ1v) is 6.57. The van der Waals surface area contributed by atoms with Crippen LogP contribution >= 0.6 is 0 Å². The Morgan fingerprint density at radius 1 is 1.35 bits per heavy atom. The van der Waals surface area contributed by atoms with Gasteiger partial charge in [0.1, 0.15) is 0 Å². The van der Waals surface area contributed by atoms with Crippen LogP contribution in [0.15, 0.2) is 36.5 Å². The molecule has 0 spiro atoms. The minimum absolute atomic E-state index is 0.119. The van der Waals surface area contributed by atoms with Gasteiger partial charge < -0.3 is 10.0 Å². The van der Waals surface area contributed by atoms with Crippen LogP contribution in [0.5, 0.6) is 0 Å². The fourth-order valence-electron chi connectivity index (χ4n) is 2.07.